The molecule has 0 nitrogen and oxygen atoms in total. The molecule has 0 rings (SSSR count). The second-order valence-corrected chi connectivity index (χ2v) is 6.23. The normalized spacial score (nSPS) is 42.9. The summed E-state index contributed by atoms with van der Waals surface area (Å²) in [6.45, 7) is -16.6. The van der Waals surface area contributed by atoms with Crippen molar-refractivity contribution in [2.75, 3.05) is 0 Å². The third-order valence-electron chi connectivity index (χ3n) is 1.46. The molecule has 0 spiro atoms. The maximum absolute atomic E-state index is 7.80. The van der Waals surface area contributed by atoms with Gasteiger partial charge in [-0.05, 0) is 5.04 Å². The van der Waals surface area contributed by atoms with Crippen molar-refractivity contribution in [3.05, 3.63) is 0 Å². The molecule has 0 saturated carbocycles. The Bertz CT molecular complexity index is 420. The summed E-state index contributed by atoms with van der Waals surface area (Å²) in [5, 5.41) is -3.87. The van der Waals surface area contributed by atoms with Gasteiger partial charge < -0.3 is 0 Å². The third kappa shape index (κ3) is 1.85. The zero-order valence-corrected chi connectivity index (χ0v) is 7.08. The van der Waals surface area contributed by atoms with Crippen LogP contribution in [0.1, 0.15) is 55.0 Å². The summed E-state index contributed by atoms with van der Waals surface area (Å²) in [6.07, 6.45) is 0. The molecule has 10 heavy (non-hydrogen) atoms. The molecule has 0 heterocycles. The molecule has 0 N–H and O–H groups in total. The van der Waals surface area contributed by atoms with Gasteiger partial charge in [0.1, 0.15) is 0 Å². The fourth-order valence-corrected chi connectivity index (χ4v) is 1.30. The average molecular weight is 173 g/mol. The Hall–Kier alpha value is 0.217. The molecule has 0 aromatic heterocycles. The topological polar surface area (TPSA) is 0 Å². The van der Waals surface area contributed by atoms with Crippen LogP contribution in [0.25, 0.3) is 0 Å². The van der Waals surface area contributed by atoms with E-state index in [-0.39, 0.29) is 0 Å². The summed E-state index contributed by atoms with van der Waals surface area (Å²) in [7, 11) is -5.65. The Kier molecular flexibility index (Phi) is 0.398. The molecule has 0 aliphatic heterocycles. The van der Waals surface area contributed by atoms with Crippen molar-refractivity contribution in [3.63, 3.8) is 0 Å². The Balaban J connectivity index is 7.91. The maximum atomic E-state index is 7.80. The Morgan fingerprint density at radius 1 is 1.20 bits per heavy atom. The predicted octanol–water partition coefficient (Wildman–Crippen LogP) is 3.90. The Labute approximate surface area is 88.1 Å². The van der Waals surface area contributed by atoms with Gasteiger partial charge in [0, 0.05) is 20.6 Å². The number of hydrogen-bond donors (Lipinski definition) is 0. The van der Waals surface area contributed by atoms with Gasteiger partial charge in [0.05, 0.1) is 8.07 Å². The number of hydrogen-bond acceptors (Lipinski definition) is 0. The highest BCUT2D eigenvalue weighted by molar-refractivity contribution is 6.81. The molecular weight excluding hydrogens is 136 g/mol. The lowest BCUT2D eigenvalue weighted by Gasteiger charge is -2.40. The highest BCUT2D eigenvalue weighted by atomic mass is 28.3. The van der Waals surface area contributed by atoms with E-state index in [2.05, 4.69) is 0 Å². The van der Waals surface area contributed by atoms with Gasteiger partial charge in [-0.25, -0.2) is 0 Å². The van der Waals surface area contributed by atoms with Gasteiger partial charge in [-0.1, -0.05) is 52.9 Å². The third-order valence-corrected chi connectivity index (χ3v) is 4.37. The largest absolute Gasteiger partial charge is 0.0688 e. The first-order valence-corrected chi connectivity index (χ1v) is 5.02. The van der Waals surface area contributed by atoms with Crippen LogP contribution in [-0.4, -0.2) is 8.07 Å². The summed E-state index contributed by atoms with van der Waals surface area (Å²) in [5.74, 6) is 0. The lowest BCUT2D eigenvalue weighted by molar-refractivity contribution is 0.695. The maximum Gasteiger partial charge on any atom is 0.0553 e. The van der Waals surface area contributed by atoms with E-state index in [1.54, 1.807) is 0 Å². The fourth-order valence-electron chi connectivity index (χ4n) is 0.433. The van der Waals surface area contributed by atoms with Crippen LogP contribution in [0.5, 0.6) is 0 Å². The molecular formula is C9H22Si. The first-order valence-electron chi connectivity index (χ1n) is 10.4. The van der Waals surface area contributed by atoms with Crippen LogP contribution in [0, 0.1) is 0 Å². The zero-order chi connectivity index (χ0) is 21.1. The van der Waals surface area contributed by atoms with Gasteiger partial charge in [-0.3, -0.25) is 0 Å². The fraction of sp³-hybridized carbons (Fsp3) is 1.00. The summed E-state index contributed by atoms with van der Waals surface area (Å²) in [4.78, 5) is 0. The lowest BCUT2D eigenvalue weighted by Crippen LogP contribution is -2.39. The molecule has 0 aromatic carbocycles. The van der Waals surface area contributed by atoms with E-state index in [1.165, 1.54) is 0 Å². The van der Waals surface area contributed by atoms with E-state index >= 15 is 0 Å². The minimum atomic E-state index is -5.65. The molecule has 0 aliphatic rings. The van der Waals surface area contributed by atoms with Crippen molar-refractivity contribution in [3.8, 4) is 0 Å². The van der Waals surface area contributed by atoms with E-state index in [0.717, 1.165) is 13.8 Å². The molecule has 62 valence electrons. The molecule has 0 saturated heterocycles. The molecule has 0 fully saturated rings. The van der Waals surface area contributed by atoms with E-state index in [0.29, 0.717) is 0 Å². The Morgan fingerprint density at radius 3 is 1.80 bits per heavy atom. The van der Waals surface area contributed by atoms with Gasteiger partial charge in [0.25, 0.3) is 0 Å². The van der Waals surface area contributed by atoms with Crippen LogP contribution in [0.2, 0.25) is 23.5 Å². The zero-order valence-electron chi connectivity index (χ0n) is 21.1. The van der Waals surface area contributed by atoms with Crippen molar-refractivity contribution in [2.24, 2.45) is 0 Å². The van der Waals surface area contributed by atoms with Crippen molar-refractivity contribution < 1.29 is 20.6 Å². The van der Waals surface area contributed by atoms with Gasteiger partial charge >= 0.3 is 0 Å². The van der Waals surface area contributed by atoms with E-state index in [1.807, 2.05) is 0 Å². The number of rotatable bonds is 1. The first-order chi connectivity index (χ1) is 10.4. The molecule has 0 aromatic rings. The SMILES string of the molecule is [2H]C([2H])([2H])C(C([2H])([2H])[2H])(C([2H])([2H])[2H])[Si](C(C)C)(C([2H])([2H])[2H])C([2H])([2H])[2H]. The summed E-state index contributed by atoms with van der Waals surface area (Å²) in [6, 6.07) is 0. The monoisotopic (exact) mass is 173 g/mol. The van der Waals surface area contributed by atoms with Gasteiger partial charge in [-0.2, -0.15) is 0 Å². The van der Waals surface area contributed by atoms with Gasteiger partial charge in [0.15, 0.2) is 0 Å². The van der Waals surface area contributed by atoms with Crippen LogP contribution >= 0.6 is 0 Å². The van der Waals surface area contributed by atoms with Crippen molar-refractivity contribution in [1.82, 2.24) is 0 Å². The standard InChI is InChI=1S/C9H22Si/c1-8(2)10(6,7)9(3,4)5/h8H,1-7H3/i3D3,4D3,5D3,6D3,7D3. The van der Waals surface area contributed by atoms with Crippen molar-refractivity contribution in [1.29, 1.82) is 0 Å². The van der Waals surface area contributed by atoms with Crippen LogP contribution in [-0.2, 0) is 0 Å². The predicted molar refractivity (Wildman–Crippen MR) is 52.3 cm³/mol. The summed E-state index contributed by atoms with van der Waals surface area (Å²) < 4.78 is 116. The van der Waals surface area contributed by atoms with Crippen molar-refractivity contribution in [2.45, 2.75) is 57.9 Å². The van der Waals surface area contributed by atoms with E-state index in [4.69, 9.17) is 20.6 Å². The van der Waals surface area contributed by atoms with Crippen LogP contribution < -0.4 is 0 Å². The first kappa shape index (κ1) is 1.48. The lowest BCUT2D eigenvalue weighted by atomic mass is 10.2. The highest BCUT2D eigenvalue weighted by Crippen LogP contribution is 2.42. The second-order valence-electron chi connectivity index (χ2n) is 2.71. The van der Waals surface area contributed by atoms with Crippen LogP contribution in [0.4, 0.5) is 0 Å². The second kappa shape index (κ2) is 2.69. The quantitative estimate of drug-likeness (QED) is 0.528. The molecule has 0 aliphatic carbocycles. The van der Waals surface area contributed by atoms with E-state index < -0.39 is 52.2 Å². The average Bonchev–Trinajstić information content (AvgIpc) is 2.14. The molecule has 0 bridgehead atoms. The molecule has 1 heteroatoms. The van der Waals surface area contributed by atoms with Crippen LogP contribution in [0.3, 0.4) is 0 Å². The smallest absolute Gasteiger partial charge is 0.0553 e. The Morgan fingerprint density at radius 2 is 1.70 bits per heavy atom. The molecule has 0 radical (unpaired) electrons. The van der Waals surface area contributed by atoms with Crippen molar-refractivity contribution >= 4 is 8.07 Å². The molecule has 0 amide bonds. The summed E-state index contributed by atoms with van der Waals surface area (Å²) in [5.41, 5.74) is -1.49. The minimum absolute atomic E-state index is 1.07. The van der Waals surface area contributed by atoms with Gasteiger partial charge in [-0.15, -0.1) is 0 Å². The van der Waals surface area contributed by atoms with Gasteiger partial charge in [0.2, 0.25) is 0 Å². The molecule has 0 atom stereocenters. The minimum Gasteiger partial charge on any atom is -0.0688 e. The van der Waals surface area contributed by atoms with Crippen LogP contribution in [0.15, 0.2) is 0 Å². The molecule has 0 unspecified atom stereocenters. The summed E-state index contributed by atoms with van der Waals surface area (Å²) >= 11 is 0. The van der Waals surface area contributed by atoms with E-state index in [9.17, 15) is 0 Å². The highest BCUT2D eigenvalue weighted by Gasteiger charge is 2.37.